The van der Waals surface area contributed by atoms with Gasteiger partial charge in [-0.2, -0.15) is 13.0 Å². The normalized spacial score (nSPS) is 16.2. The number of allylic oxidation sites excluding steroid dienone is 8. The molecular formula is C91H145N26O16S2+. The first-order valence-corrected chi connectivity index (χ1v) is 48.3. The molecule has 8 atom stereocenters. The molecule has 44 heteroatoms. The second-order valence-corrected chi connectivity index (χ2v) is 37.4. The summed E-state index contributed by atoms with van der Waals surface area (Å²) in [5, 5.41) is 75.0. The van der Waals surface area contributed by atoms with Crippen molar-refractivity contribution in [3.8, 4) is 0 Å². The highest BCUT2D eigenvalue weighted by Crippen LogP contribution is 2.49. The number of nitrogens with zero attached hydrogens (tertiary/aromatic N) is 3. The number of ketones is 4. The molecule has 0 aliphatic carbocycles. The maximum atomic E-state index is 15.1. The number of likely N-dealkylation sites (tertiary alicyclic amines) is 1. The van der Waals surface area contributed by atoms with Crippen LogP contribution in [0.5, 0.6) is 0 Å². The molecule has 7 amide bonds. The number of amides is 7. The number of benzene rings is 2. The molecule has 5 rings (SSSR count). The molecule has 0 aromatic heterocycles. The van der Waals surface area contributed by atoms with Crippen LogP contribution in [0.4, 0.5) is 11.4 Å². The van der Waals surface area contributed by atoms with Crippen molar-refractivity contribution in [1.82, 2.24) is 63.4 Å². The van der Waals surface area contributed by atoms with Crippen LogP contribution in [0.25, 0.3) is 0 Å². The smallest absolute Gasteiger partial charge is 0.294 e. The molecule has 135 heavy (non-hydrogen) atoms. The number of imide groups is 1. The Morgan fingerprint density at radius 2 is 1.01 bits per heavy atom. The molecule has 3 aliphatic rings. The van der Waals surface area contributed by atoms with Crippen LogP contribution >= 0.6 is 11.8 Å². The van der Waals surface area contributed by atoms with Crippen LogP contribution in [-0.2, 0) is 83.2 Å². The van der Waals surface area contributed by atoms with Gasteiger partial charge in [-0.05, 0) is 160 Å². The zero-order valence-electron chi connectivity index (χ0n) is 79.1. The highest BCUT2D eigenvalue weighted by molar-refractivity contribution is 8.00. The van der Waals surface area contributed by atoms with Gasteiger partial charge in [-0.3, -0.25) is 94.6 Å². The Labute approximate surface area is 795 Å². The minimum Gasteiger partial charge on any atom is -0.382 e. The second-order valence-electron chi connectivity index (χ2n) is 34.7. The topological polar surface area (TPSA) is 702 Å². The average molecular weight is 1920 g/mol. The van der Waals surface area contributed by atoms with Crippen LogP contribution in [0.3, 0.4) is 0 Å². The van der Waals surface area contributed by atoms with Crippen LogP contribution in [0.2, 0.25) is 0 Å². The Balaban J connectivity index is 1.32. The summed E-state index contributed by atoms with van der Waals surface area (Å²) in [6.07, 6.45) is 14.3. The van der Waals surface area contributed by atoms with E-state index in [9.17, 15) is 51.3 Å². The summed E-state index contributed by atoms with van der Waals surface area (Å²) in [5.41, 5.74) is 39.8. The number of anilines is 1. The molecule has 0 saturated carbocycles. The lowest BCUT2D eigenvalue weighted by atomic mass is 9.81. The molecule has 0 radical (unpaired) electrons. The van der Waals surface area contributed by atoms with E-state index in [0.29, 0.717) is 37.8 Å². The number of carbonyl (C=O) groups is 11. The van der Waals surface area contributed by atoms with Crippen molar-refractivity contribution >= 4 is 139 Å². The van der Waals surface area contributed by atoms with E-state index in [-0.39, 0.29) is 202 Å². The van der Waals surface area contributed by atoms with E-state index in [1.54, 1.807) is 6.07 Å². The van der Waals surface area contributed by atoms with E-state index in [1.807, 2.05) is 50.3 Å². The summed E-state index contributed by atoms with van der Waals surface area (Å²) in [5.74, 6) is -13.0. The van der Waals surface area contributed by atoms with E-state index in [2.05, 4.69) is 120 Å². The van der Waals surface area contributed by atoms with E-state index in [4.69, 9.17) is 76.3 Å². The highest BCUT2D eigenvalue weighted by Gasteiger charge is 2.46. The minimum atomic E-state index is -4.52. The van der Waals surface area contributed by atoms with Crippen molar-refractivity contribution < 1.29 is 79.8 Å². The van der Waals surface area contributed by atoms with E-state index in [1.165, 1.54) is 48.7 Å². The molecule has 3 heterocycles. The summed E-state index contributed by atoms with van der Waals surface area (Å²) >= 11 is 0.923. The predicted molar refractivity (Wildman–Crippen MR) is 521 cm³/mol. The molecule has 2 aromatic rings. The monoisotopic (exact) mass is 1920 g/mol. The molecule has 0 spiro atoms. The fraction of sp³-hybridized carbons (Fsp3) is 0.582. The van der Waals surface area contributed by atoms with Crippen molar-refractivity contribution in [2.45, 2.75) is 228 Å². The third-order valence-corrected chi connectivity index (χ3v) is 25.6. The van der Waals surface area contributed by atoms with Crippen molar-refractivity contribution in [2.75, 3.05) is 103 Å². The number of Topliss-reactive ketones (excluding diaryl/α,β-unsaturated/α-hetero) is 4. The van der Waals surface area contributed by atoms with Gasteiger partial charge in [0, 0.05) is 163 Å². The van der Waals surface area contributed by atoms with Crippen molar-refractivity contribution in [3.63, 3.8) is 0 Å². The van der Waals surface area contributed by atoms with Crippen molar-refractivity contribution in [3.05, 3.63) is 101 Å². The molecule has 42 nitrogen and oxygen atoms in total. The van der Waals surface area contributed by atoms with Gasteiger partial charge >= 0.3 is 0 Å². The van der Waals surface area contributed by atoms with E-state index >= 15 is 14.4 Å². The number of guanidine groups is 6. The number of methoxy groups -OCH3 is 1. The third-order valence-electron chi connectivity index (χ3n) is 23.5. The minimum absolute atomic E-state index is 0.0250. The Kier molecular flexibility index (Phi) is 48.3. The summed E-state index contributed by atoms with van der Waals surface area (Å²) in [4.78, 5) is 160. The highest BCUT2D eigenvalue weighted by atomic mass is 32.2. The molecule has 1 fully saturated rings. The van der Waals surface area contributed by atoms with Gasteiger partial charge in [0.1, 0.15) is 6.54 Å². The van der Waals surface area contributed by atoms with Crippen molar-refractivity contribution in [2.24, 2.45) is 52.2 Å². The Bertz CT molecular complexity index is 4780. The van der Waals surface area contributed by atoms with Gasteiger partial charge in [0.25, 0.3) is 10.1 Å². The van der Waals surface area contributed by atoms with Crippen LogP contribution in [0.1, 0.15) is 193 Å². The van der Waals surface area contributed by atoms with Gasteiger partial charge in [0.05, 0.1) is 59.5 Å². The molecule has 3 aliphatic heterocycles. The van der Waals surface area contributed by atoms with Crippen LogP contribution < -0.4 is 97.8 Å². The van der Waals surface area contributed by atoms with Gasteiger partial charge in [-0.1, -0.05) is 62.3 Å². The largest absolute Gasteiger partial charge is 0.382 e. The van der Waals surface area contributed by atoms with Gasteiger partial charge in [0.15, 0.2) is 64.6 Å². The average Bonchev–Trinajstić information content (AvgIpc) is 1.58. The van der Waals surface area contributed by atoms with E-state index in [0.717, 1.165) is 34.6 Å². The molecule has 0 bridgehead atoms. The van der Waals surface area contributed by atoms with Crippen LogP contribution in [0, 0.1) is 57.1 Å². The second kappa shape index (κ2) is 57.5. The van der Waals surface area contributed by atoms with Crippen molar-refractivity contribution in [1.29, 1.82) is 32.5 Å². The number of unbranched alkanes of at least 4 members (excludes halogenated alkanes) is 2. The number of thioether (sulfide) groups is 1. The van der Waals surface area contributed by atoms with Gasteiger partial charge < -0.3 is 107 Å². The summed E-state index contributed by atoms with van der Waals surface area (Å²) in [6.45, 7) is 15.8. The number of carbonyl (C=O) groups excluding carboxylic acids is 11. The van der Waals surface area contributed by atoms with Gasteiger partial charge in [-0.25, -0.2) is 0 Å². The number of nitrogens with one attached hydrogen (secondary N) is 17. The molecule has 1 unspecified atom stereocenters. The number of rotatable bonds is 65. The zero-order valence-corrected chi connectivity index (χ0v) is 80.7. The maximum Gasteiger partial charge on any atom is 0.294 e. The fourth-order valence-corrected chi connectivity index (χ4v) is 18.0. The first-order chi connectivity index (χ1) is 63.9. The van der Waals surface area contributed by atoms with Gasteiger partial charge in [-0.15, -0.1) is 11.8 Å². The Morgan fingerprint density at radius 1 is 0.533 bits per heavy atom. The van der Waals surface area contributed by atoms with Crippen LogP contribution in [-0.4, -0.2) is 256 Å². The SMILES string of the molecule is CC[N+]1=C(/C=C/C=C/C=C/C=C2/N(CCCCCC(=O)NCCN3C(=O)CC(SC[C@@H](NC(=O)CCOCCOC)C(=O)C[C@H](CCCNC(=N)N)C(=O)N[C@H](CCCNC(=N)N)C(=O)C[C@H](CCCNC(=N)N)C(=O)N[C@H](CCCNC(=N)N)C(=O)C[C@H](CCCNC(=N)N)C(=O)N[C@H](CCCNC(=N)N)C(C)=O)C3=O)c3ccc(S(=O)(=O)O)cc3C2(C)C)C(C)(C)c2cc(C)ccc21. The predicted octanol–water partition coefficient (Wildman–Crippen LogP) is 2.41. The van der Waals surface area contributed by atoms with Gasteiger partial charge in [0.2, 0.25) is 47.0 Å². The number of hydrogen-bond donors (Lipinski definition) is 24. The zero-order chi connectivity index (χ0) is 100. The summed E-state index contributed by atoms with van der Waals surface area (Å²) in [6, 6.07) is 5.95. The molecule has 30 N–H and O–H groups in total. The summed E-state index contributed by atoms with van der Waals surface area (Å²) in [7, 11) is -3.05. The quantitative estimate of drug-likeness (QED) is 0.00860. The molecular weight excluding hydrogens is 1780 g/mol. The van der Waals surface area contributed by atoms with E-state index < -0.39 is 158 Å². The number of hydrogen-bond acceptors (Lipinski definition) is 23. The number of fused-ring (bicyclic) bond motifs is 2. The molecule has 1 saturated heterocycles. The number of aryl methyl sites for hydroxylation is 1. The molecule has 2 aromatic carbocycles. The maximum absolute atomic E-state index is 15.1. The third kappa shape index (κ3) is 39.0. The molecule has 746 valence electrons. The Morgan fingerprint density at radius 3 is 1.49 bits per heavy atom. The number of ether oxygens (including phenoxy) is 2. The standard InChI is InChI=1S/C91H144N26O16S2/c1-9-115-69-35-33-57(2)50-63(69)90(4,5)75(115)30-14-11-10-12-15-31-76-91(6,7)64-54-62(135(129,130)131)34-36-70(64)116(76)45-17-13-16-32-77(122)104-44-46-117-79(124)55-74(83(117)128)134-56-68(111-78(123)37-47-133-49-48-132-8)73(121)53-61(26-20-40-107-86(96)97)82(127)114-67(29-23-43-110-89(102)103)72(120)52-60(25-19-39-106-85(94)95)81(126)113-66(28-22-42-109-88(100)101)71(119)51-59(24-18-38-105-84(92)93)80(125)112-65(58(3)118)27-21-41-108-87(98)99/h10-12,14-15,30-31,33-36,50,54,59-61,65-68,74H,9,13,16-29,32,37-49,51-53,55-56H2,1-8H3,(H29-,92,93,94,95,96,97,98,99,100,101,102,103,104,105,106,107,108,109,110,111,112,113,114,122,123,125,126,127,129,130,131)/p+1/t59-,60-,61-,65+,66+,67+,68+,74?/m0/s1. The number of nitrogens with two attached hydrogens (primary N) is 6. The fourth-order valence-electron chi connectivity index (χ4n) is 16.2. The van der Waals surface area contributed by atoms with Crippen LogP contribution in [0.15, 0.2) is 89.5 Å². The summed E-state index contributed by atoms with van der Waals surface area (Å²) < 4.78 is 47.8. The lowest BCUT2D eigenvalue weighted by molar-refractivity contribution is -0.433. The lowest BCUT2D eigenvalue weighted by Gasteiger charge is -2.27. The Hall–Kier alpha value is -12.2. The lowest BCUT2D eigenvalue weighted by Crippen LogP contribution is -2.49. The first kappa shape index (κ1) is 113. The first-order valence-electron chi connectivity index (χ1n) is 45.8.